The molecule has 0 saturated carbocycles. The van der Waals surface area contributed by atoms with Crippen LogP contribution in [-0.2, 0) is 14.3 Å². The molecule has 0 aliphatic carbocycles. The summed E-state index contributed by atoms with van der Waals surface area (Å²) < 4.78 is 36.8. The molecule has 2 rings (SSSR count). The van der Waals surface area contributed by atoms with Crippen molar-refractivity contribution in [1.29, 1.82) is 0 Å². The molecule has 138 valence electrons. The third-order valence-corrected chi connectivity index (χ3v) is 3.32. The van der Waals surface area contributed by atoms with Crippen LogP contribution in [0.2, 0.25) is 0 Å². The van der Waals surface area contributed by atoms with E-state index in [1.54, 1.807) is 0 Å². The van der Waals surface area contributed by atoms with Crippen molar-refractivity contribution in [2.24, 2.45) is 0 Å². The Morgan fingerprint density at radius 2 is 1.73 bits per heavy atom. The molecule has 2 amide bonds. The van der Waals surface area contributed by atoms with Gasteiger partial charge in [0.1, 0.15) is 23.4 Å². The molecule has 0 fully saturated rings. The zero-order valence-electron chi connectivity index (χ0n) is 13.9. The van der Waals surface area contributed by atoms with E-state index in [0.717, 1.165) is 18.2 Å². The van der Waals surface area contributed by atoms with Gasteiger partial charge in [-0.3, -0.25) is 9.59 Å². The molecule has 1 heterocycles. The van der Waals surface area contributed by atoms with Gasteiger partial charge in [-0.2, -0.15) is 0 Å². The normalized spacial score (nSPS) is 12.8. The highest BCUT2D eigenvalue weighted by molar-refractivity contribution is 5.97. The molecule has 0 aliphatic heterocycles. The Kier molecular flexibility index (Phi) is 6.05. The van der Waals surface area contributed by atoms with Crippen LogP contribution in [0.3, 0.4) is 0 Å². The highest BCUT2D eigenvalue weighted by Gasteiger charge is 2.25. The van der Waals surface area contributed by atoms with Crippen LogP contribution in [0.5, 0.6) is 0 Å². The van der Waals surface area contributed by atoms with Crippen molar-refractivity contribution in [3.63, 3.8) is 0 Å². The van der Waals surface area contributed by atoms with Crippen molar-refractivity contribution in [3.8, 4) is 0 Å². The van der Waals surface area contributed by atoms with Gasteiger partial charge < -0.3 is 19.8 Å². The van der Waals surface area contributed by atoms with Gasteiger partial charge in [-0.25, -0.2) is 13.6 Å². The summed E-state index contributed by atoms with van der Waals surface area (Å²) >= 11 is 0. The molecule has 1 aromatic heterocycles. The predicted molar refractivity (Wildman–Crippen MR) is 86.2 cm³/mol. The van der Waals surface area contributed by atoms with Gasteiger partial charge in [-0.15, -0.1) is 0 Å². The number of ether oxygens (including phenoxy) is 1. The molecular weight excluding hydrogens is 350 g/mol. The number of para-hydroxylation sites is 1. The number of carbonyl (C=O) groups excluding carboxylic acids is 3. The van der Waals surface area contributed by atoms with E-state index in [1.807, 2.05) is 5.32 Å². The lowest BCUT2D eigenvalue weighted by atomic mass is 10.2. The highest BCUT2D eigenvalue weighted by atomic mass is 19.1. The number of amides is 2. The third kappa shape index (κ3) is 4.65. The Hall–Kier alpha value is -3.23. The Morgan fingerprint density at radius 1 is 1.08 bits per heavy atom. The first-order chi connectivity index (χ1) is 12.3. The van der Waals surface area contributed by atoms with E-state index in [9.17, 15) is 23.2 Å². The zero-order valence-corrected chi connectivity index (χ0v) is 13.9. The Bertz CT molecular complexity index is 787. The first-order valence-corrected chi connectivity index (χ1v) is 7.59. The van der Waals surface area contributed by atoms with Crippen LogP contribution >= 0.6 is 0 Å². The fourth-order valence-electron chi connectivity index (χ4n) is 1.91. The summed E-state index contributed by atoms with van der Waals surface area (Å²) in [7, 11) is 0. The van der Waals surface area contributed by atoms with E-state index in [2.05, 4.69) is 5.32 Å². The Balaban J connectivity index is 1.91. The number of esters is 1. The minimum absolute atomic E-state index is 0.00506. The molecule has 2 N–H and O–H groups in total. The topological polar surface area (TPSA) is 97.6 Å². The second kappa shape index (κ2) is 8.24. The van der Waals surface area contributed by atoms with E-state index in [1.165, 1.54) is 32.2 Å². The second-order valence-corrected chi connectivity index (χ2v) is 5.34. The Morgan fingerprint density at radius 3 is 2.31 bits per heavy atom. The van der Waals surface area contributed by atoms with Crippen LogP contribution < -0.4 is 10.6 Å². The Labute approximate surface area is 147 Å². The summed E-state index contributed by atoms with van der Waals surface area (Å²) in [4.78, 5) is 35.7. The lowest BCUT2D eigenvalue weighted by Crippen LogP contribution is -2.42. The summed E-state index contributed by atoms with van der Waals surface area (Å²) in [6.45, 7) is 2.58. The predicted octanol–water partition coefficient (Wildman–Crippen LogP) is 2.25. The molecule has 0 aliphatic rings. The van der Waals surface area contributed by atoms with Crippen LogP contribution in [0.15, 0.2) is 41.0 Å². The minimum Gasteiger partial charge on any atom is -0.459 e. The molecular formula is C17H16F2N2O5. The molecule has 2 unspecified atom stereocenters. The molecule has 0 bridgehead atoms. The maximum Gasteiger partial charge on any atom is 0.329 e. The van der Waals surface area contributed by atoms with Gasteiger partial charge in [0.05, 0.1) is 6.26 Å². The number of anilines is 1. The molecule has 26 heavy (non-hydrogen) atoms. The van der Waals surface area contributed by atoms with Crippen molar-refractivity contribution >= 4 is 23.5 Å². The lowest BCUT2D eigenvalue weighted by molar-refractivity contribution is -0.154. The number of halogens is 2. The monoisotopic (exact) mass is 366 g/mol. The average Bonchev–Trinajstić information content (AvgIpc) is 3.12. The van der Waals surface area contributed by atoms with E-state index in [0.29, 0.717) is 0 Å². The van der Waals surface area contributed by atoms with Gasteiger partial charge in [0, 0.05) is 0 Å². The number of hydrogen-bond acceptors (Lipinski definition) is 5. The average molecular weight is 366 g/mol. The molecule has 1 aromatic carbocycles. The van der Waals surface area contributed by atoms with Crippen LogP contribution in [0.4, 0.5) is 14.5 Å². The van der Waals surface area contributed by atoms with E-state index < -0.39 is 47.3 Å². The van der Waals surface area contributed by atoms with Crippen LogP contribution in [0.1, 0.15) is 24.4 Å². The van der Waals surface area contributed by atoms with Crippen LogP contribution in [0, 0.1) is 11.6 Å². The van der Waals surface area contributed by atoms with Gasteiger partial charge in [0.15, 0.2) is 11.9 Å². The molecule has 2 atom stereocenters. The molecule has 0 spiro atoms. The zero-order chi connectivity index (χ0) is 19.3. The first kappa shape index (κ1) is 19.1. The summed E-state index contributed by atoms with van der Waals surface area (Å²) in [5.74, 6) is -4.38. The smallest absolute Gasteiger partial charge is 0.329 e. The molecule has 0 radical (unpaired) electrons. The SMILES string of the molecule is CC(NC(=O)c1ccco1)C(=O)OC(C)C(=O)Nc1c(F)cccc1F. The fraction of sp³-hybridized carbons (Fsp3) is 0.235. The largest absolute Gasteiger partial charge is 0.459 e. The van der Waals surface area contributed by atoms with E-state index in [-0.39, 0.29) is 5.76 Å². The number of rotatable bonds is 6. The first-order valence-electron chi connectivity index (χ1n) is 7.59. The summed E-state index contributed by atoms with van der Waals surface area (Å²) in [5, 5.41) is 4.35. The highest BCUT2D eigenvalue weighted by Crippen LogP contribution is 2.18. The van der Waals surface area contributed by atoms with Crippen LogP contribution in [0.25, 0.3) is 0 Å². The minimum atomic E-state index is -1.34. The summed E-state index contributed by atoms with van der Waals surface area (Å²) in [5.41, 5.74) is -0.639. The lowest BCUT2D eigenvalue weighted by Gasteiger charge is -2.17. The van der Waals surface area contributed by atoms with Gasteiger partial charge in [0.2, 0.25) is 0 Å². The van der Waals surface area contributed by atoms with Gasteiger partial charge >= 0.3 is 5.97 Å². The van der Waals surface area contributed by atoms with E-state index in [4.69, 9.17) is 9.15 Å². The van der Waals surface area contributed by atoms with Gasteiger partial charge in [0.25, 0.3) is 11.8 Å². The van der Waals surface area contributed by atoms with Crippen molar-refractivity contribution in [3.05, 3.63) is 54.0 Å². The van der Waals surface area contributed by atoms with E-state index >= 15 is 0 Å². The third-order valence-electron chi connectivity index (χ3n) is 3.32. The maximum absolute atomic E-state index is 13.5. The number of nitrogens with one attached hydrogen (secondary N) is 2. The maximum atomic E-state index is 13.5. The van der Waals surface area contributed by atoms with Crippen molar-refractivity contribution in [2.75, 3.05) is 5.32 Å². The van der Waals surface area contributed by atoms with Crippen LogP contribution in [-0.4, -0.2) is 29.9 Å². The standard InChI is InChI=1S/C17H16F2N2O5/c1-9(20-16(23)13-7-4-8-25-13)17(24)26-10(2)15(22)21-14-11(18)5-3-6-12(14)19/h3-10H,1-2H3,(H,20,23)(H,21,22). The molecule has 7 nitrogen and oxygen atoms in total. The fourth-order valence-corrected chi connectivity index (χ4v) is 1.91. The van der Waals surface area contributed by atoms with Gasteiger partial charge in [-0.1, -0.05) is 6.07 Å². The number of benzene rings is 1. The number of furan rings is 1. The molecule has 2 aromatic rings. The quantitative estimate of drug-likeness (QED) is 0.764. The van der Waals surface area contributed by atoms with Gasteiger partial charge in [-0.05, 0) is 38.1 Å². The second-order valence-electron chi connectivity index (χ2n) is 5.34. The summed E-state index contributed by atoms with van der Waals surface area (Å²) in [6, 6.07) is 4.93. The van der Waals surface area contributed by atoms with Crippen molar-refractivity contribution in [2.45, 2.75) is 26.0 Å². The molecule has 9 heteroatoms. The summed E-state index contributed by atoms with van der Waals surface area (Å²) in [6.07, 6.45) is -0.0453. The molecule has 0 saturated heterocycles. The number of hydrogen-bond donors (Lipinski definition) is 2. The van der Waals surface area contributed by atoms with Crippen molar-refractivity contribution in [1.82, 2.24) is 5.32 Å². The van der Waals surface area contributed by atoms with Crippen molar-refractivity contribution < 1.29 is 32.3 Å². The number of carbonyl (C=O) groups is 3.